The first-order chi connectivity index (χ1) is 7.59. The van der Waals surface area contributed by atoms with E-state index in [9.17, 15) is 0 Å². The summed E-state index contributed by atoms with van der Waals surface area (Å²) in [7, 11) is 0. The Morgan fingerprint density at radius 1 is 1.62 bits per heavy atom. The van der Waals surface area contributed by atoms with E-state index in [0.717, 1.165) is 6.54 Å². The maximum Gasteiger partial charge on any atom is 0.223 e. The zero-order valence-corrected chi connectivity index (χ0v) is 10.2. The summed E-state index contributed by atoms with van der Waals surface area (Å²) in [5.41, 5.74) is 6.54. The summed E-state index contributed by atoms with van der Waals surface area (Å²) in [5.74, 6) is 0.610. The van der Waals surface area contributed by atoms with Gasteiger partial charge in [0.05, 0.1) is 0 Å². The van der Waals surface area contributed by atoms with Crippen molar-refractivity contribution in [3.63, 3.8) is 0 Å². The number of thiocarbonyl (C=S) groups is 1. The van der Waals surface area contributed by atoms with Gasteiger partial charge in [0.2, 0.25) is 5.95 Å². The smallest absolute Gasteiger partial charge is 0.223 e. The van der Waals surface area contributed by atoms with Crippen molar-refractivity contribution >= 4 is 23.2 Å². The summed E-state index contributed by atoms with van der Waals surface area (Å²) >= 11 is 4.87. The lowest BCUT2D eigenvalue weighted by Crippen LogP contribution is -2.33. The molecule has 1 aromatic heterocycles. The maximum atomic E-state index is 5.52. The monoisotopic (exact) mass is 236 g/mol. The number of hydrogen-bond acceptors (Lipinski definition) is 4. The molecular formula is C11H16N4S. The summed E-state index contributed by atoms with van der Waals surface area (Å²) in [5, 5.41) is 3.24. The van der Waals surface area contributed by atoms with Crippen molar-refractivity contribution in [1.29, 1.82) is 0 Å². The number of nitrogens with two attached hydrogens (primary N) is 1. The summed E-state index contributed by atoms with van der Waals surface area (Å²) in [4.78, 5) is 8.70. The van der Waals surface area contributed by atoms with Crippen molar-refractivity contribution in [1.82, 2.24) is 9.97 Å². The lowest BCUT2D eigenvalue weighted by molar-refractivity contribution is 0.179. The second-order valence-corrected chi connectivity index (χ2v) is 5.09. The van der Waals surface area contributed by atoms with Crippen molar-refractivity contribution in [2.45, 2.75) is 26.2 Å². The first-order valence-electron chi connectivity index (χ1n) is 5.46. The summed E-state index contributed by atoms with van der Waals surface area (Å²) in [6, 6.07) is 1.72. The molecule has 1 heterocycles. The molecule has 86 valence electrons. The number of rotatable bonds is 4. The van der Waals surface area contributed by atoms with Crippen molar-refractivity contribution < 1.29 is 0 Å². The Balaban J connectivity index is 1.98. The number of nitrogens with zero attached hydrogens (tertiary/aromatic N) is 2. The zero-order valence-electron chi connectivity index (χ0n) is 9.36. The number of anilines is 1. The molecule has 0 unspecified atom stereocenters. The Hall–Kier alpha value is -1.23. The van der Waals surface area contributed by atoms with Crippen LogP contribution >= 0.6 is 12.2 Å². The molecule has 16 heavy (non-hydrogen) atoms. The topological polar surface area (TPSA) is 63.8 Å². The SMILES string of the molecule is CC1(CNc2nccc(C(N)=S)n2)CCC1. The highest BCUT2D eigenvalue weighted by atomic mass is 32.1. The number of nitrogens with one attached hydrogen (secondary N) is 1. The van der Waals surface area contributed by atoms with Crippen LogP contribution in [0.5, 0.6) is 0 Å². The van der Waals surface area contributed by atoms with Gasteiger partial charge in [-0.05, 0) is 24.3 Å². The molecule has 1 saturated carbocycles. The molecule has 5 heteroatoms. The highest BCUT2D eigenvalue weighted by Crippen LogP contribution is 2.39. The minimum absolute atomic E-state index is 0.306. The van der Waals surface area contributed by atoms with E-state index in [2.05, 4.69) is 22.2 Å². The van der Waals surface area contributed by atoms with Gasteiger partial charge >= 0.3 is 0 Å². The number of aromatic nitrogens is 2. The largest absolute Gasteiger partial charge is 0.388 e. The van der Waals surface area contributed by atoms with Crippen LogP contribution < -0.4 is 11.1 Å². The Morgan fingerprint density at radius 2 is 2.38 bits per heavy atom. The maximum absolute atomic E-state index is 5.52. The minimum Gasteiger partial charge on any atom is -0.388 e. The minimum atomic E-state index is 0.306. The lowest BCUT2D eigenvalue weighted by atomic mass is 9.70. The van der Waals surface area contributed by atoms with E-state index in [-0.39, 0.29) is 0 Å². The van der Waals surface area contributed by atoms with Crippen molar-refractivity contribution in [2.24, 2.45) is 11.1 Å². The normalized spacial score (nSPS) is 17.6. The zero-order chi connectivity index (χ0) is 11.6. The van der Waals surface area contributed by atoms with Crippen molar-refractivity contribution in [3.05, 3.63) is 18.0 Å². The van der Waals surface area contributed by atoms with Gasteiger partial charge in [-0.2, -0.15) is 0 Å². The van der Waals surface area contributed by atoms with Gasteiger partial charge in [0.25, 0.3) is 0 Å². The first kappa shape index (κ1) is 11.3. The van der Waals surface area contributed by atoms with Crippen LogP contribution in [0.25, 0.3) is 0 Å². The molecule has 3 N–H and O–H groups in total. The van der Waals surface area contributed by atoms with Crippen LogP contribution in [0.3, 0.4) is 0 Å². The third-order valence-electron chi connectivity index (χ3n) is 3.14. The molecule has 1 aromatic rings. The average Bonchev–Trinajstić information content (AvgIpc) is 2.24. The Kier molecular flexibility index (Phi) is 3.05. The lowest BCUT2D eigenvalue weighted by Gasteiger charge is -2.38. The second kappa shape index (κ2) is 4.33. The van der Waals surface area contributed by atoms with E-state index in [1.54, 1.807) is 12.3 Å². The molecule has 2 rings (SSSR count). The van der Waals surface area contributed by atoms with Crippen LogP contribution in [0.4, 0.5) is 5.95 Å². The fourth-order valence-electron chi connectivity index (χ4n) is 1.83. The van der Waals surface area contributed by atoms with Gasteiger partial charge < -0.3 is 11.1 Å². The molecular weight excluding hydrogens is 220 g/mol. The van der Waals surface area contributed by atoms with Crippen molar-refractivity contribution in [3.8, 4) is 0 Å². The van der Waals surface area contributed by atoms with Crippen LogP contribution in [-0.4, -0.2) is 21.5 Å². The highest BCUT2D eigenvalue weighted by Gasteiger charge is 2.31. The van der Waals surface area contributed by atoms with Gasteiger partial charge in [0, 0.05) is 12.7 Å². The summed E-state index contributed by atoms with van der Waals surface area (Å²) in [6.07, 6.45) is 5.54. The van der Waals surface area contributed by atoms with Gasteiger partial charge in [0.1, 0.15) is 10.7 Å². The third kappa shape index (κ3) is 2.47. The van der Waals surface area contributed by atoms with E-state index >= 15 is 0 Å². The van der Waals surface area contributed by atoms with E-state index in [4.69, 9.17) is 18.0 Å². The molecule has 1 aliphatic rings. The third-order valence-corrected chi connectivity index (χ3v) is 3.35. The molecule has 0 spiro atoms. The van der Waals surface area contributed by atoms with Crippen LogP contribution in [0.2, 0.25) is 0 Å². The van der Waals surface area contributed by atoms with Gasteiger partial charge in [-0.25, -0.2) is 9.97 Å². The second-order valence-electron chi connectivity index (χ2n) is 4.65. The first-order valence-corrected chi connectivity index (χ1v) is 5.87. The van der Waals surface area contributed by atoms with Crippen LogP contribution in [0.1, 0.15) is 31.9 Å². The average molecular weight is 236 g/mol. The molecule has 0 bridgehead atoms. The molecule has 0 radical (unpaired) electrons. The van der Waals surface area contributed by atoms with Crippen LogP contribution in [0, 0.1) is 5.41 Å². The van der Waals surface area contributed by atoms with Crippen molar-refractivity contribution in [2.75, 3.05) is 11.9 Å². The van der Waals surface area contributed by atoms with E-state index in [0.29, 0.717) is 22.0 Å². The molecule has 1 fully saturated rings. The molecule has 4 nitrogen and oxygen atoms in total. The molecule has 0 aromatic carbocycles. The highest BCUT2D eigenvalue weighted by molar-refractivity contribution is 7.80. The summed E-state index contributed by atoms with van der Waals surface area (Å²) < 4.78 is 0. The van der Waals surface area contributed by atoms with E-state index < -0.39 is 0 Å². The fraction of sp³-hybridized carbons (Fsp3) is 0.545. The van der Waals surface area contributed by atoms with Gasteiger partial charge in [-0.15, -0.1) is 0 Å². The predicted molar refractivity (Wildman–Crippen MR) is 68.4 cm³/mol. The standard InChI is InChI=1S/C11H16N4S/c1-11(4-2-5-11)7-14-10-13-6-3-8(15-10)9(12)16/h3,6H,2,4-5,7H2,1H3,(H2,12,16)(H,13,14,15). The Bertz CT molecular complexity index is 401. The molecule has 0 amide bonds. The molecule has 0 aliphatic heterocycles. The predicted octanol–water partition coefficient (Wildman–Crippen LogP) is 1.71. The summed E-state index contributed by atoms with van der Waals surface area (Å²) in [6.45, 7) is 3.19. The quantitative estimate of drug-likeness (QED) is 0.779. The number of hydrogen-bond donors (Lipinski definition) is 2. The Labute approximate surface area is 101 Å². The molecule has 1 aliphatic carbocycles. The van der Waals surface area contributed by atoms with Gasteiger partial charge in [-0.1, -0.05) is 25.6 Å². The van der Waals surface area contributed by atoms with Crippen LogP contribution in [0.15, 0.2) is 12.3 Å². The van der Waals surface area contributed by atoms with Crippen LogP contribution in [-0.2, 0) is 0 Å². The van der Waals surface area contributed by atoms with Gasteiger partial charge in [0.15, 0.2) is 0 Å². The Morgan fingerprint density at radius 3 is 2.94 bits per heavy atom. The van der Waals surface area contributed by atoms with E-state index in [1.165, 1.54) is 19.3 Å². The fourth-order valence-corrected chi connectivity index (χ4v) is 1.94. The molecule has 0 atom stereocenters. The van der Waals surface area contributed by atoms with E-state index in [1.807, 2.05) is 0 Å². The molecule has 0 saturated heterocycles. The van der Waals surface area contributed by atoms with Gasteiger partial charge in [-0.3, -0.25) is 0 Å².